The molecule has 0 saturated heterocycles. The molecule has 0 spiro atoms. The molecule has 198 valence electrons. The molecule has 2 heterocycles. The van der Waals surface area contributed by atoms with E-state index in [9.17, 15) is 31.9 Å². The number of nitrogens with one attached hydrogen (secondary N) is 2. The summed E-state index contributed by atoms with van der Waals surface area (Å²) in [4.78, 5) is 45.6. The number of imidazole rings is 1. The Morgan fingerprint density at radius 3 is 2.50 bits per heavy atom. The Morgan fingerprint density at radius 2 is 1.84 bits per heavy atom. The number of nitrogens with zero attached hydrogens (tertiary/aromatic N) is 3. The molecule has 3 aromatic rings. The summed E-state index contributed by atoms with van der Waals surface area (Å²) < 4.78 is 53.8. The molecule has 1 aliphatic carbocycles. The molecular weight excluding hydrogens is 506 g/mol. The monoisotopic (exact) mass is 529 g/mol. The Bertz CT molecular complexity index is 1410. The number of carbonyl (C=O) groups is 3. The van der Waals surface area contributed by atoms with Crippen molar-refractivity contribution in [3.8, 4) is 0 Å². The lowest BCUT2D eigenvalue weighted by molar-refractivity contribution is -0.137. The van der Waals surface area contributed by atoms with E-state index in [0.29, 0.717) is 18.4 Å². The van der Waals surface area contributed by atoms with E-state index in [1.54, 1.807) is 19.1 Å². The second kappa shape index (κ2) is 9.26. The van der Waals surface area contributed by atoms with Crippen molar-refractivity contribution >= 4 is 23.4 Å². The number of alkyl halides is 3. The smallest absolute Gasteiger partial charge is 0.350 e. The molecule has 12 heteroatoms. The standard InChI is InChI=1S/C26H23F4N5O3/c1-25(24(38)31-12-15-5-7-17(27)8-6-15)13-34-14-32-20(21(34)23(37)35(25)19-9-10-19)22(36)33-18-4-2-3-16(11-18)26(28,29)30/h2-8,11,14,19H,9-10,12-13H2,1H3,(H,31,38)(H,33,36)/t25-/m0/s1. The maximum atomic E-state index is 13.7. The average molecular weight is 529 g/mol. The van der Waals surface area contributed by atoms with Gasteiger partial charge in [0.25, 0.3) is 11.8 Å². The Labute approximate surface area is 214 Å². The zero-order valence-electron chi connectivity index (χ0n) is 20.2. The van der Waals surface area contributed by atoms with Crippen molar-refractivity contribution < 1.29 is 31.9 Å². The van der Waals surface area contributed by atoms with Crippen LogP contribution in [0.15, 0.2) is 54.9 Å². The molecule has 1 atom stereocenters. The van der Waals surface area contributed by atoms with Crippen LogP contribution in [0, 0.1) is 5.82 Å². The minimum Gasteiger partial charge on any atom is -0.350 e. The molecule has 8 nitrogen and oxygen atoms in total. The van der Waals surface area contributed by atoms with Crippen molar-refractivity contribution in [1.82, 2.24) is 19.8 Å². The lowest BCUT2D eigenvalue weighted by Crippen LogP contribution is -2.64. The van der Waals surface area contributed by atoms with Crippen molar-refractivity contribution in [2.45, 2.75) is 50.6 Å². The van der Waals surface area contributed by atoms with Crippen LogP contribution in [-0.4, -0.2) is 43.8 Å². The Kier molecular flexibility index (Phi) is 6.20. The molecule has 1 fully saturated rings. The highest BCUT2D eigenvalue weighted by atomic mass is 19.4. The van der Waals surface area contributed by atoms with Crippen LogP contribution in [-0.2, 0) is 24.1 Å². The quantitative estimate of drug-likeness (QED) is 0.472. The van der Waals surface area contributed by atoms with E-state index in [4.69, 9.17) is 0 Å². The van der Waals surface area contributed by atoms with Gasteiger partial charge < -0.3 is 20.1 Å². The van der Waals surface area contributed by atoms with E-state index < -0.39 is 40.8 Å². The number of fused-ring (bicyclic) bond motifs is 1. The third-order valence-electron chi connectivity index (χ3n) is 6.70. The third kappa shape index (κ3) is 4.73. The summed E-state index contributed by atoms with van der Waals surface area (Å²) >= 11 is 0. The molecular formula is C26H23F4N5O3. The first-order valence-corrected chi connectivity index (χ1v) is 11.9. The van der Waals surface area contributed by atoms with E-state index in [1.165, 1.54) is 34.0 Å². The zero-order valence-corrected chi connectivity index (χ0v) is 20.2. The van der Waals surface area contributed by atoms with Crippen molar-refractivity contribution in [2.24, 2.45) is 0 Å². The molecule has 1 aromatic heterocycles. The van der Waals surface area contributed by atoms with Gasteiger partial charge in [-0.25, -0.2) is 9.37 Å². The van der Waals surface area contributed by atoms with Crippen molar-refractivity contribution in [3.05, 3.63) is 83.2 Å². The van der Waals surface area contributed by atoms with Crippen LogP contribution in [0.3, 0.4) is 0 Å². The molecule has 3 amide bonds. The highest BCUT2D eigenvalue weighted by Crippen LogP contribution is 2.39. The minimum absolute atomic E-state index is 0.0175. The molecule has 5 rings (SSSR count). The molecule has 38 heavy (non-hydrogen) atoms. The number of halogens is 4. The topological polar surface area (TPSA) is 96.3 Å². The highest BCUT2D eigenvalue weighted by Gasteiger charge is 2.53. The zero-order chi connectivity index (χ0) is 27.2. The summed E-state index contributed by atoms with van der Waals surface area (Å²) in [6.07, 6.45) is -1.94. The van der Waals surface area contributed by atoms with Gasteiger partial charge in [-0.3, -0.25) is 14.4 Å². The first-order chi connectivity index (χ1) is 18.0. The maximum Gasteiger partial charge on any atom is 0.416 e. The normalized spacial score (nSPS) is 19.2. The van der Waals surface area contributed by atoms with Gasteiger partial charge in [0.15, 0.2) is 5.69 Å². The van der Waals surface area contributed by atoms with E-state index in [1.807, 2.05) is 0 Å². The minimum atomic E-state index is -4.59. The van der Waals surface area contributed by atoms with Crippen molar-refractivity contribution in [1.29, 1.82) is 0 Å². The number of hydrogen-bond acceptors (Lipinski definition) is 4. The first kappa shape index (κ1) is 25.4. The van der Waals surface area contributed by atoms with Gasteiger partial charge in [0.1, 0.15) is 17.1 Å². The summed E-state index contributed by atoms with van der Waals surface area (Å²) in [7, 11) is 0. The summed E-state index contributed by atoms with van der Waals surface area (Å²) in [5.41, 5.74) is -1.92. The lowest BCUT2D eigenvalue weighted by atomic mass is 9.93. The number of carbonyl (C=O) groups excluding carboxylic acids is 3. The van der Waals surface area contributed by atoms with Crippen molar-refractivity contribution in [2.75, 3.05) is 5.32 Å². The third-order valence-corrected chi connectivity index (χ3v) is 6.70. The van der Waals surface area contributed by atoms with Crippen LogP contribution in [0.2, 0.25) is 0 Å². The van der Waals surface area contributed by atoms with Gasteiger partial charge in [-0.15, -0.1) is 0 Å². The number of hydrogen-bond donors (Lipinski definition) is 2. The van der Waals surface area contributed by atoms with E-state index in [-0.39, 0.29) is 36.2 Å². The van der Waals surface area contributed by atoms with Crippen LogP contribution in [0.5, 0.6) is 0 Å². The fourth-order valence-corrected chi connectivity index (χ4v) is 4.66. The predicted octanol–water partition coefficient (Wildman–Crippen LogP) is 3.99. The summed E-state index contributed by atoms with van der Waals surface area (Å²) in [6, 6.07) is 9.60. The number of anilines is 1. The van der Waals surface area contributed by atoms with Crippen LogP contribution in [0.1, 0.15) is 51.9 Å². The molecule has 2 N–H and O–H groups in total. The Morgan fingerprint density at radius 1 is 1.13 bits per heavy atom. The molecule has 0 bridgehead atoms. The Hall–Kier alpha value is -4.22. The van der Waals surface area contributed by atoms with E-state index in [2.05, 4.69) is 15.6 Å². The number of rotatable bonds is 6. The second-order valence-corrected chi connectivity index (χ2v) is 9.59. The molecule has 2 aliphatic rings. The molecule has 2 aromatic carbocycles. The van der Waals surface area contributed by atoms with Crippen LogP contribution >= 0.6 is 0 Å². The number of aromatic nitrogens is 2. The van der Waals surface area contributed by atoms with Gasteiger partial charge in [-0.1, -0.05) is 18.2 Å². The molecule has 0 unspecified atom stereocenters. The van der Waals surface area contributed by atoms with Gasteiger partial charge in [-0.05, 0) is 55.7 Å². The van der Waals surface area contributed by atoms with Gasteiger partial charge in [-0.2, -0.15) is 13.2 Å². The van der Waals surface area contributed by atoms with E-state index >= 15 is 0 Å². The summed E-state index contributed by atoms with van der Waals surface area (Å²) in [5.74, 6) is -2.22. The molecule has 0 radical (unpaired) electrons. The number of benzene rings is 2. The fourth-order valence-electron chi connectivity index (χ4n) is 4.66. The highest BCUT2D eigenvalue weighted by molar-refractivity contribution is 6.11. The predicted molar refractivity (Wildman–Crippen MR) is 127 cm³/mol. The van der Waals surface area contributed by atoms with E-state index in [0.717, 1.165) is 18.2 Å². The molecule has 1 aliphatic heterocycles. The summed E-state index contributed by atoms with van der Waals surface area (Å²) in [6.45, 7) is 1.78. The van der Waals surface area contributed by atoms with Gasteiger partial charge in [0, 0.05) is 18.3 Å². The van der Waals surface area contributed by atoms with Gasteiger partial charge in [0.05, 0.1) is 18.4 Å². The second-order valence-electron chi connectivity index (χ2n) is 9.59. The van der Waals surface area contributed by atoms with Gasteiger partial charge in [0.2, 0.25) is 5.91 Å². The molecule has 1 saturated carbocycles. The Balaban J connectivity index is 1.39. The summed E-state index contributed by atoms with van der Waals surface area (Å²) in [5, 5.41) is 5.19. The van der Waals surface area contributed by atoms with Crippen LogP contribution in [0.25, 0.3) is 0 Å². The first-order valence-electron chi connectivity index (χ1n) is 11.9. The number of amides is 3. The maximum absolute atomic E-state index is 13.7. The van der Waals surface area contributed by atoms with Crippen molar-refractivity contribution in [3.63, 3.8) is 0 Å². The van der Waals surface area contributed by atoms with Gasteiger partial charge >= 0.3 is 6.18 Å². The lowest BCUT2D eigenvalue weighted by Gasteiger charge is -2.44. The van der Waals surface area contributed by atoms with Crippen LogP contribution < -0.4 is 10.6 Å². The average Bonchev–Trinajstić information content (AvgIpc) is 3.60. The SMILES string of the molecule is C[C@@]1(C(=O)NCc2ccc(F)cc2)Cn2cnc(C(=O)Nc3cccc(C(F)(F)F)c3)c2C(=O)N1C1CC1. The fraction of sp³-hybridized carbons (Fsp3) is 0.308. The van der Waals surface area contributed by atoms with Crippen LogP contribution in [0.4, 0.5) is 23.2 Å². The largest absolute Gasteiger partial charge is 0.416 e.